The maximum Gasteiger partial charge on any atom is 0.409 e. The molecule has 6 amide bonds. The second-order valence-corrected chi connectivity index (χ2v) is 20.7. The van der Waals surface area contributed by atoms with Gasteiger partial charge in [0.15, 0.2) is 5.72 Å². The van der Waals surface area contributed by atoms with Gasteiger partial charge in [-0.05, 0) is 76.5 Å². The number of fused-ring (bicyclic) bond motifs is 5. The van der Waals surface area contributed by atoms with Crippen molar-refractivity contribution in [1.29, 1.82) is 0 Å². The molecule has 68 heavy (non-hydrogen) atoms. The third-order valence-corrected chi connectivity index (χ3v) is 15.9. The monoisotopic (exact) mass is 1010 g/mol. The van der Waals surface area contributed by atoms with E-state index in [4.69, 9.17) is 35.3 Å². The lowest BCUT2D eigenvalue weighted by Crippen LogP contribution is -2.63. The van der Waals surface area contributed by atoms with E-state index < -0.39 is 76.8 Å². The van der Waals surface area contributed by atoms with Crippen molar-refractivity contribution in [2.24, 2.45) is 17.8 Å². The van der Waals surface area contributed by atoms with Crippen LogP contribution in [0.1, 0.15) is 84.6 Å². The zero-order chi connectivity index (χ0) is 49.8. The molecule has 4 fully saturated rings. The van der Waals surface area contributed by atoms with Crippen LogP contribution in [0.2, 0.25) is 5.02 Å². The fraction of sp³-hybridized carbons (Fsp3) is 0.638. The Morgan fingerprint density at radius 1 is 1.12 bits per heavy atom. The number of rotatable bonds is 12. The second-order valence-electron chi connectivity index (χ2n) is 18.8. The molecular weight excluding hydrogens is 942 g/mol. The number of esters is 1. The summed E-state index contributed by atoms with van der Waals surface area (Å²) in [6.07, 6.45) is 3.19. The van der Waals surface area contributed by atoms with Gasteiger partial charge in [-0.3, -0.25) is 34.2 Å². The van der Waals surface area contributed by atoms with E-state index in [-0.39, 0.29) is 66.0 Å². The molecule has 18 nitrogen and oxygen atoms in total. The summed E-state index contributed by atoms with van der Waals surface area (Å²) < 4.78 is 31.8. The summed E-state index contributed by atoms with van der Waals surface area (Å²) >= 11 is 11.9. The van der Waals surface area contributed by atoms with Gasteiger partial charge in [-0.15, -0.1) is 11.8 Å². The average Bonchev–Trinajstić information content (AvgIpc) is 3.94. The topological polar surface area (TPSA) is 223 Å². The molecule has 1 aromatic carbocycles. The zero-order valence-corrected chi connectivity index (χ0v) is 42.2. The Hall–Kier alpha value is -4.34. The normalized spacial score (nSPS) is 32.7. The molecule has 0 spiro atoms. The van der Waals surface area contributed by atoms with Crippen LogP contribution >= 0.6 is 36.2 Å². The highest BCUT2D eigenvalue weighted by atomic mass is 35.5. The summed E-state index contributed by atoms with van der Waals surface area (Å²) in [5, 5.41) is 13.9. The number of carbonyl (C=O) groups is 7. The lowest BCUT2D eigenvalue weighted by molar-refractivity contribution is -0.162. The number of methoxy groups -OCH3 is 2. The smallest absolute Gasteiger partial charge is 0.409 e. The molecule has 4 heterocycles. The van der Waals surface area contributed by atoms with E-state index in [2.05, 4.69) is 22.9 Å². The number of amides is 6. The van der Waals surface area contributed by atoms with E-state index in [1.165, 1.54) is 54.7 Å². The van der Waals surface area contributed by atoms with Gasteiger partial charge in [0.25, 0.3) is 0 Å². The number of thioether (sulfide) groups is 1. The number of nitrogens with zero attached hydrogens (tertiary/aromatic N) is 3. The number of ether oxygens (including phenoxy) is 5. The van der Waals surface area contributed by atoms with Gasteiger partial charge in [0.05, 0.1) is 30.6 Å². The summed E-state index contributed by atoms with van der Waals surface area (Å²) in [7, 11) is 5.89. The number of aliphatic hydroxyl groups is 1. The molecule has 0 radical (unpaired) electrons. The number of allylic oxidation sites excluding steroid dienone is 3. The number of hydrogen-bond acceptors (Lipinski definition) is 15. The van der Waals surface area contributed by atoms with Crippen LogP contribution < -0.4 is 19.7 Å². The van der Waals surface area contributed by atoms with Gasteiger partial charge in [-0.1, -0.05) is 55.1 Å². The van der Waals surface area contributed by atoms with Gasteiger partial charge in [-0.2, -0.15) is 0 Å². The fourth-order valence-electron chi connectivity index (χ4n) is 9.61. The van der Waals surface area contributed by atoms with Crippen LogP contribution in [-0.4, -0.2) is 144 Å². The van der Waals surface area contributed by atoms with Crippen molar-refractivity contribution in [3.05, 3.63) is 46.5 Å². The van der Waals surface area contributed by atoms with Gasteiger partial charge in [0, 0.05) is 64.6 Å². The molecule has 3 saturated heterocycles. The molecular formula is C47H64ClN5O13S2. The Morgan fingerprint density at radius 3 is 2.49 bits per heavy atom. The van der Waals surface area contributed by atoms with Crippen LogP contribution in [0.3, 0.4) is 0 Å². The van der Waals surface area contributed by atoms with Crippen molar-refractivity contribution in [1.82, 2.24) is 19.8 Å². The minimum Gasteiger partial charge on any atom is -0.495 e. The number of epoxide rings is 1. The SMILES string of the molecule is COc1cc2cc(c1Cl)N(C)C(=O)C[C@H](OC(=O)[C@H](C)N(C)C(=O)CCSC1CC(=O)N(CC3CCC(C(=O)NS)CC3)C1=O)[C@]1(C)OC1[C@H](C)[C@@H]1C[C@@](O)(NC(=O)O1)[C@H](OC)/C=C/C=C(\C)C2. The first-order chi connectivity index (χ1) is 32.1. The number of imide groups is 1. The molecule has 4 aliphatic heterocycles. The number of nitrogens with one attached hydrogen (secondary N) is 2. The molecule has 21 heteroatoms. The summed E-state index contributed by atoms with van der Waals surface area (Å²) in [6, 6.07) is 2.42. The first-order valence-electron chi connectivity index (χ1n) is 22.9. The quantitative estimate of drug-likeness (QED) is 0.0979. The number of anilines is 1. The van der Waals surface area contributed by atoms with Crippen molar-refractivity contribution in [3.63, 3.8) is 0 Å². The Bertz CT molecular complexity index is 2190. The van der Waals surface area contributed by atoms with Crippen molar-refractivity contribution >= 4 is 83.5 Å². The molecule has 5 aliphatic rings. The average molecular weight is 1010 g/mol. The van der Waals surface area contributed by atoms with Gasteiger partial charge in [0.2, 0.25) is 29.5 Å². The van der Waals surface area contributed by atoms with Crippen LogP contribution in [-0.2, 0) is 54.1 Å². The Morgan fingerprint density at radius 2 is 1.82 bits per heavy atom. The maximum absolute atomic E-state index is 14.3. The van der Waals surface area contributed by atoms with Gasteiger partial charge in [-0.25, -0.2) is 9.59 Å². The summed E-state index contributed by atoms with van der Waals surface area (Å²) in [6.45, 7) is 7.16. The van der Waals surface area contributed by atoms with Crippen LogP contribution in [0, 0.1) is 17.8 Å². The molecule has 374 valence electrons. The molecule has 6 rings (SSSR count). The van der Waals surface area contributed by atoms with Crippen LogP contribution in [0.25, 0.3) is 0 Å². The highest BCUT2D eigenvalue weighted by molar-refractivity contribution is 8.00. The number of likely N-dealkylation sites (N-methyl/N-ethyl adjacent to an activating group) is 1. The highest BCUT2D eigenvalue weighted by Gasteiger charge is 2.64. The van der Waals surface area contributed by atoms with Crippen LogP contribution in [0.4, 0.5) is 10.5 Å². The molecule has 2 unspecified atom stereocenters. The Balaban J connectivity index is 1.15. The number of hydrogen-bond donors (Lipinski definition) is 4. The van der Waals surface area contributed by atoms with E-state index in [1.54, 1.807) is 45.2 Å². The van der Waals surface area contributed by atoms with E-state index in [0.717, 1.165) is 11.1 Å². The lowest BCUT2D eigenvalue weighted by atomic mass is 9.81. The Kier molecular flexibility index (Phi) is 17.3. The summed E-state index contributed by atoms with van der Waals surface area (Å²) in [5.74, 6) is -2.45. The van der Waals surface area contributed by atoms with E-state index >= 15 is 0 Å². The number of alkyl carbamates (subject to hydrolysis) is 1. The van der Waals surface area contributed by atoms with Crippen molar-refractivity contribution in [2.45, 2.75) is 133 Å². The standard InChI is InChI=1S/C47H64ClN5O13S2/c1-25-10-9-11-35(63-8)47(61)23-33(64-45(60)49-47)26(2)41-46(4,66-41)36(22-38(55)52(6)31-19-29(18-25)20-32(62-7)40(31)48)65-44(59)27(3)51(5)37(54)16-17-68-34-21-39(56)53(43(34)58)24-28-12-14-30(15-13-28)42(57)50-67/h9-11,19-20,26-28,30,33-36,41,61,67H,12-18,21-24H2,1-8H3,(H,49,60)(H,50,57)/b11-9+,25-10+/t26-,27+,28?,30?,33+,34?,35-,36+,41?,46+,47+/m1/s1. The molecule has 3 N–H and O–H groups in total. The third-order valence-electron chi connectivity index (χ3n) is 14.1. The molecule has 0 aromatic heterocycles. The largest absolute Gasteiger partial charge is 0.495 e. The van der Waals surface area contributed by atoms with Crippen molar-refractivity contribution in [3.8, 4) is 5.75 Å². The molecule has 9 atom stereocenters. The van der Waals surface area contributed by atoms with Gasteiger partial charge >= 0.3 is 12.1 Å². The third kappa shape index (κ3) is 11.8. The van der Waals surface area contributed by atoms with Crippen molar-refractivity contribution < 1.29 is 62.4 Å². The highest BCUT2D eigenvalue weighted by Crippen LogP contribution is 2.49. The predicted molar refractivity (Wildman–Crippen MR) is 256 cm³/mol. The number of likely N-dealkylation sites (tertiary alicyclic amines) is 1. The number of benzene rings is 1. The second kappa shape index (κ2) is 22.2. The number of thiol groups is 1. The molecule has 1 saturated carbocycles. The molecule has 1 aromatic rings. The lowest BCUT2D eigenvalue weighted by Gasteiger charge is -2.42. The Labute approximate surface area is 412 Å². The minimum atomic E-state index is -1.87. The predicted octanol–water partition coefficient (Wildman–Crippen LogP) is 4.53. The van der Waals surface area contributed by atoms with Crippen LogP contribution in [0.5, 0.6) is 5.75 Å². The first-order valence-corrected chi connectivity index (χ1v) is 24.8. The number of halogens is 1. The van der Waals surface area contributed by atoms with Gasteiger partial charge in [0.1, 0.15) is 40.7 Å². The van der Waals surface area contributed by atoms with E-state index in [9.17, 15) is 38.7 Å². The maximum atomic E-state index is 14.3. The number of carbonyl (C=O) groups excluding carboxylic acids is 7. The summed E-state index contributed by atoms with van der Waals surface area (Å²) in [5.41, 5.74) is -1.15. The van der Waals surface area contributed by atoms with Crippen molar-refractivity contribution in [2.75, 3.05) is 45.5 Å². The fourth-order valence-corrected chi connectivity index (χ4v) is 11.2. The van der Waals surface area contributed by atoms with E-state index in [0.29, 0.717) is 50.1 Å². The van der Waals surface area contributed by atoms with Crippen LogP contribution in [0.15, 0.2) is 35.9 Å². The molecule has 4 bridgehead atoms. The van der Waals surface area contributed by atoms with Gasteiger partial charge < -0.3 is 43.3 Å². The first kappa shape index (κ1) is 53.0. The minimum absolute atomic E-state index is 0.0254. The summed E-state index contributed by atoms with van der Waals surface area (Å²) in [4.78, 5) is 97.0. The zero-order valence-electron chi connectivity index (χ0n) is 39.8. The van der Waals surface area contributed by atoms with E-state index in [1.807, 2.05) is 13.0 Å². The molecule has 1 aliphatic carbocycles.